The van der Waals surface area contributed by atoms with Crippen LogP contribution in [0.15, 0.2) is 24.4 Å². The zero-order chi connectivity index (χ0) is 13.1. The first-order valence-electron chi connectivity index (χ1n) is 5.70. The fourth-order valence-electron chi connectivity index (χ4n) is 1.49. The third-order valence-electron chi connectivity index (χ3n) is 2.42. The van der Waals surface area contributed by atoms with Crippen LogP contribution in [-0.4, -0.2) is 11.0 Å². The molecule has 2 nitrogen and oxygen atoms in total. The summed E-state index contributed by atoms with van der Waals surface area (Å²) in [4.78, 5) is 5.33. The van der Waals surface area contributed by atoms with Crippen LogP contribution in [0.25, 0.3) is 10.6 Å². The highest BCUT2D eigenvalue weighted by molar-refractivity contribution is 7.15. The van der Waals surface area contributed by atoms with Gasteiger partial charge in [0.2, 0.25) is 0 Å². The molecule has 1 N–H and O–H groups in total. The second kappa shape index (κ2) is 5.78. The Morgan fingerprint density at radius 3 is 2.94 bits per heavy atom. The van der Waals surface area contributed by atoms with Gasteiger partial charge in [-0.05, 0) is 12.1 Å². The van der Waals surface area contributed by atoms with Crippen LogP contribution in [0, 0.1) is 5.82 Å². The van der Waals surface area contributed by atoms with Gasteiger partial charge >= 0.3 is 0 Å². The van der Waals surface area contributed by atoms with Crippen molar-refractivity contribution in [3.05, 3.63) is 40.1 Å². The van der Waals surface area contributed by atoms with Crippen molar-refractivity contribution >= 4 is 22.9 Å². The molecule has 0 aliphatic heterocycles. The van der Waals surface area contributed by atoms with Crippen LogP contribution in [0.2, 0.25) is 5.02 Å². The fraction of sp³-hybridized carbons (Fsp3) is 0.308. The molecule has 18 heavy (non-hydrogen) atoms. The first kappa shape index (κ1) is 13.5. The number of thiazole rings is 1. The minimum Gasteiger partial charge on any atom is -0.310 e. The summed E-state index contributed by atoms with van der Waals surface area (Å²) in [5, 5.41) is 4.09. The molecule has 0 unspecified atom stereocenters. The summed E-state index contributed by atoms with van der Waals surface area (Å²) in [6.45, 7) is 4.91. The Kier molecular flexibility index (Phi) is 4.32. The van der Waals surface area contributed by atoms with E-state index in [1.807, 2.05) is 0 Å². The number of hydrogen-bond donors (Lipinski definition) is 1. The van der Waals surface area contributed by atoms with E-state index in [0.717, 1.165) is 11.4 Å². The average molecular weight is 285 g/mol. The molecule has 0 aliphatic rings. The van der Waals surface area contributed by atoms with Gasteiger partial charge in [-0.3, -0.25) is 0 Å². The van der Waals surface area contributed by atoms with Crippen molar-refractivity contribution in [3.8, 4) is 10.6 Å². The Bertz CT molecular complexity index is 540. The largest absolute Gasteiger partial charge is 0.310 e. The maximum absolute atomic E-state index is 13.8. The Hall–Kier alpha value is -0.970. The minimum atomic E-state index is -0.406. The van der Waals surface area contributed by atoms with Gasteiger partial charge in [-0.1, -0.05) is 31.5 Å². The number of nitrogens with zero attached hydrogens (tertiary/aromatic N) is 1. The number of aromatic nitrogens is 1. The van der Waals surface area contributed by atoms with E-state index < -0.39 is 5.82 Å². The lowest BCUT2D eigenvalue weighted by atomic mass is 10.2. The van der Waals surface area contributed by atoms with E-state index in [2.05, 4.69) is 24.1 Å². The van der Waals surface area contributed by atoms with Crippen molar-refractivity contribution in [2.75, 3.05) is 0 Å². The van der Waals surface area contributed by atoms with Gasteiger partial charge in [0.25, 0.3) is 0 Å². The standard InChI is InChI=1S/C13H14ClFN2S/c1-8(2)16-6-9-7-17-13(18-9)10-4-3-5-11(14)12(10)15/h3-5,7-8,16H,6H2,1-2H3. The van der Waals surface area contributed by atoms with Crippen molar-refractivity contribution < 1.29 is 4.39 Å². The molecule has 2 aromatic rings. The van der Waals surface area contributed by atoms with E-state index in [-0.39, 0.29) is 5.02 Å². The lowest BCUT2D eigenvalue weighted by Crippen LogP contribution is -2.21. The van der Waals surface area contributed by atoms with Crippen LogP contribution in [0.5, 0.6) is 0 Å². The number of halogens is 2. The molecule has 96 valence electrons. The van der Waals surface area contributed by atoms with Gasteiger partial charge < -0.3 is 5.32 Å². The molecule has 5 heteroatoms. The van der Waals surface area contributed by atoms with Crippen molar-refractivity contribution in [3.63, 3.8) is 0 Å². The van der Waals surface area contributed by atoms with Gasteiger partial charge in [0.15, 0.2) is 5.82 Å². The van der Waals surface area contributed by atoms with Gasteiger partial charge in [-0.2, -0.15) is 0 Å². The van der Waals surface area contributed by atoms with Gasteiger partial charge in [0, 0.05) is 29.2 Å². The monoisotopic (exact) mass is 284 g/mol. The first-order chi connectivity index (χ1) is 8.58. The molecule has 0 saturated heterocycles. The Morgan fingerprint density at radius 1 is 1.44 bits per heavy atom. The maximum atomic E-state index is 13.8. The van der Waals surface area contributed by atoms with E-state index in [4.69, 9.17) is 11.6 Å². The second-order valence-corrected chi connectivity index (χ2v) is 5.79. The van der Waals surface area contributed by atoms with Crippen molar-refractivity contribution in [2.45, 2.75) is 26.4 Å². The third kappa shape index (κ3) is 3.07. The van der Waals surface area contributed by atoms with Crippen LogP contribution >= 0.6 is 22.9 Å². The summed E-state index contributed by atoms with van der Waals surface area (Å²) < 4.78 is 13.8. The van der Waals surface area contributed by atoms with E-state index in [0.29, 0.717) is 16.6 Å². The smallest absolute Gasteiger partial charge is 0.152 e. The minimum absolute atomic E-state index is 0.129. The number of hydrogen-bond acceptors (Lipinski definition) is 3. The Morgan fingerprint density at radius 2 is 2.22 bits per heavy atom. The van der Waals surface area contributed by atoms with Crippen LogP contribution in [0.3, 0.4) is 0 Å². The first-order valence-corrected chi connectivity index (χ1v) is 6.90. The number of benzene rings is 1. The summed E-state index contributed by atoms with van der Waals surface area (Å²) in [6.07, 6.45) is 1.77. The normalized spacial score (nSPS) is 11.2. The summed E-state index contributed by atoms with van der Waals surface area (Å²) in [7, 11) is 0. The topological polar surface area (TPSA) is 24.9 Å². The third-order valence-corrected chi connectivity index (χ3v) is 3.74. The lowest BCUT2D eigenvalue weighted by molar-refractivity contribution is 0.593. The zero-order valence-electron chi connectivity index (χ0n) is 10.2. The quantitative estimate of drug-likeness (QED) is 0.914. The molecule has 0 radical (unpaired) electrons. The molecule has 0 spiro atoms. The molecule has 0 aliphatic carbocycles. The van der Waals surface area contributed by atoms with Crippen molar-refractivity contribution in [1.29, 1.82) is 0 Å². The van der Waals surface area contributed by atoms with Gasteiger partial charge in [0.05, 0.1) is 5.02 Å². The summed E-state index contributed by atoms with van der Waals surface area (Å²) in [5.41, 5.74) is 0.461. The maximum Gasteiger partial charge on any atom is 0.152 e. The molecule has 2 rings (SSSR count). The molecular weight excluding hydrogens is 271 g/mol. The summed E-state index contributed by atoms with van der Waals surface area (Å²) in [6, 6.07) is 5.38. The molecule has 0 bridgehead atoms. The molecule has 0 amide bonds. The highest BCUT2D eigenvalue weighted by Crippen LogP contribution is 2.30. The summed E-state index contributed by atoms with van der Waals surface area (Å²) in [5.74, 6) is -0.406. The van der Waals surface area contributed by atoms with Crippen LogP contribution in [0.1, 0.15) is 18.7 Å². The molecule has 1 aromatic carbocycles. The van der Waals surface area contributed by atoms with E-state index in [1.54, 1.807) is 18.3 Å². The average Bonchev–Trinajstić information content (AvgIpc) is 2.78. The lowest BCUT2D eigenvalue weighted by Gasteiger charge is -2.04. The molecule has 0 atom stereocenters. The number of rotatable bonds is 4. The number of nitrogens with one attached hydrogen (secondary N) is 1. The predicted molar refractivity (Wildman–Crippen MR) is 74.5 cm³/mol. The zero-order valence-corrected chi connectivity index (χ0v) is 11.8. The Balaban J connectivity index is 2.21. The van der Waals surface area contributed by atoms with Gasteiger partial charge in [-0.15, -0.1) is 11.3 Å². The molecule has 1 heterocycles. The Labute approximate surface area is 115 Å². The highest BCUT2D eigenvalue weighted by Gasteiger charge is 2.12. The molecule has 0 fully saturated rings. The van der Waals surface area contributed by atoms with Gasteiger partial charge in [0.1, 0.15) is 5.01 Å². The fourth-order valence-corrected chi connectivity index (χ4v) is 2.54. The second-order valence-electron chi connectivity index (χ2n) is 4.27. The van der Waals surface area contributed by atoms with Crippen LogP contribution in [0.4, 0.5) is 4.39 Å². The van der Waals surface area contributed by atoms with Crippen molar-refractivity contribution in [1.82, 2.24) is 10.3 Å². The van der Waals surface area contributed by atoms with Gasteiger partial charge in [-0.25, -0.2) is 9.37 Å². The van der Waals surface area contributed by atoms with Crippen molar-refractivity contribution in [2.24, 2.45) is 0 Å². The van der Waals surface area contributed by atoms with E-state index in [1.165, 1.54) is 17.4 Å². The van der Waals surface area contributed by atoms with E-state index in [9.17, 15) is 4.39 Å². The molecule has 1 aromatic heterocycles. The molecular formula is C13H14ClFN2S. The van der Waals surface area contributed by atoms with Crippen LogP contribution in [-0.2, 0) is 6.54 Å². The van der Waals surface area contributed by atoms with E-state index >= 15 is 0 Å². The highest BCUT2D eigenvalue weighted by atomic mass is 35.5. The van der Waals surface area contributed by atoms with Crippen LogP contribution < -0.4 is 5.32 Å². The predicted octanol–water partition coefficient (Wildman–Crippen LogP) is 4.10. The summed E-state index contributed by atoms with van der Waals surface area (Å²) >= 11 is 7.24. The molecule has 0 saturated carbocycles. The SMILES string of the molecule is CC(C)NCc1cnc(-c2cccc(Cl)c2F)s1.